The van der Waals surface area contributed by atoms with Crippen LogP contribution in [-0.4, -0.2) is 26.4 Å². The number of pyridine rings is 1. The lowest BCUT2D eigenvalue weighted by atomic mass is 9.74. The Morgan fingerprint density at radius 1 is 1.20 bits per heavy atom. The molecule has 0 bridgehead atoms. The van der Waals surface area contributed by atoms with Gasteiger partial charge in [0.05, 0.1) is 5.52 Å². The van der Waals surface area contributed by atoms with E-state index in [0.717, 1.165) is 5.52 Å². The highest BCUT2D eigenvalue weighted by molar-refractivity contribution is 6.52. The molecule has 0 aliphatic heterocycles. The summed E-state index contributed by atoms with van der Waals surface area (Å²) in [5.41, 5.74) is 3.40. The van der Waals surface area contributed by atoms with Gasteiger partial charge in [0.25, 0.3) is 0 Å². The van der Waals surface area contributed by atoms with Crippen molar-refractivity contribution in [2.45, 2.75) is 6.82 Å². The van der Waals surface area contributed by atoms with E-state index in [2.05, 4.69) is 41.4 Å². The molecule has 1 heterocycles. The molecule has 75 valence electrons. The maximum atomic E-state index is 4.44. The Balaban J connectivity index is 2.55. The molecule has 0 aliphatic carbocycles. The Hall–Kier alpha value is -1.51. The van der Waals surface area contributed by atoms with Crippen LogP contribution in [0.5, 0.6) is 0 Å². The molecule has 1 radical (unpaired) electrons. The number of hydrogen-bond acceptors (Lipinski definition) is 2. The van der Waals surface area contributed by atoms with Crippen molar-refractivity contribution in [3.8, 4) is 0 Å². The summed E-state index contributed by atoms with van der Waals surface area (Å²) in [6, 6.07) is 8.49. The lowest BCUT2D eigenvalue weighted by Crippen LogP contribution is -2.11. The number of rotatable bonds is 2. The van der Waals surface area contributed by atoms with E-state index in [1.54, 1.807) is 0 Å². The van der Waals surface area contributed by atoms with Gasteiger partial charge in [0, 0.05) is 26.0 Å². The van der Waals surface area contributed by atoms with E-state index in [-0.39, 0.29) is 0 Å². The Morgan fingerprint density at radius 2 is 2.00 bits per heavy atom. The first-order chi connectivity index (χ1) is 7.20. The molecule has 0 saturated heterocycles. The lowest BCUT2D eigenvalue weighted by Gasteiger charge is -2.12. The van der Waals surface area contributed by atoms with Crippen molar-refractivity contribution < 1.29 is 0 Å². The van der Waals surface area contributed by atoms with Crippen molar-refractivity contribution in [2.75, 3.05) is 19.0 Å². The standard InChI is InChI=1S/C12H14BN2/c1-13-10-6-9-4-5-11(15(2)3)7-12(9)14-8-10/h4-8H,1-3H3. The summed E-state index contributed by atoms with van der Waals surface area (Å²) in [6.07, 6.45) is 1.90. The van der Waals surface area contributed by atoms with Crippen LogP contribution >= 0.6 is 0 Å². The summed E-state index contributed by atoms with van der Waals surface area (Å²) in [4.78, 5) is 6.52. The van der Waals surface area contributed by atoms with Crippen molar-refractivity contribution in [1.82, 2.24) is 4.98 Å². The first kappa shape index (κ1) is 10.0. The molecule has 0 amide bonds. The van der Waals surface area contributed by atoms with Crippen LogP contribution in [0.1, 0.15) is 0 Å². The highest BCUT2D eigenvalue weighted by Crippen LogP contribution is 2.17. The number of benzene rings is 1. The first-order valence-corrected chi connectivity index (χ1v) is 5.07. The van der Waals surface area contributed by atoms with Crippen LogP contribution in [-0.2, 0) is 0 Å². The van der Waals surface area contributed by atoms with E-state index >= 15 is 0 Å². The average molecular weight is 197 g/mol. The maximum absolute atomic E-state index is 4.44. The third-order valence-corrected chi connectivity index (χ3v) is 2.54. The predicted octanol–water partition coefficient (Wildman–Crippen LogP) is 1.68. The number of hydrogen-bond donors (Lipinski definition) is 0. The number of aromatic nitrogens is 1. The lowest BCUT2D eigenvalue weighted by molar-refractivity contribution is 1.13. The second-order valence-corrected chi connectivity index (χ2v) is 3.83. The highest BCUT2D eigenvalue weighted by atomic mass is 15.1. The molecule has 0 spiro atoms. The molecule has 0 saturated carbocycles. The molecular formula is C12H14BN2. The largest absolute Gasteiger partial charge is 0.378 e. The zero-order chi connectivity index (χ0) is 10.8. The van der Waals surface area contributed by atoms with Crippen LogP contribution in [0, 0.1) is 0 Å². The second kappa shape index (κ2) is 3.93. The zero-order valence-electron chi connectivity index (χ0n) is 9.36. The Bertz CT molecular complexity index is 480. The minimum atomic E-state index is 1.05. The molecule has 3 heteroatoms. The predicted molar refractivity (Wildman–Crippen MR) is 67.3 cm³/mol. The summed E-state index contributed by atoms with van der Waals surface area (Å²) in [7, 11) is 6.14. The molecule has 0 aliphatic rings. The zero-order valence-corrected chi connectivity index (χ0v) is 9.36. The molecule has 1 aromatic heterocycles. The van der Waals surface area contributed by atoms with Crippen LogP contribution in [0.2, 0.25) is 6.82 Å². The van der Waals surface area contributed by atoms with Gasteiger partial charge in [-0.25, -0.2) is 0 Å². The monoisotopic (exact) mass is 197 g/mol. The van der Waals surface area contributed by atoms with Crippen LogP contribution in [0.3, 0.4) is 0 Å². The normalized spacial score (nSPS) is 10.3. The van der Waals surface area contributed by atoms with Gasteiger partial charge in [-0.3, -0.25) is 4.98 Å². The second-order valence-electron chi connectivity index (χ2n) is 3.83. The first-order valence-electron chi connectivity index (χ1n) is 5.07. The Kier molecular flexibility index (Phi) is 2.63. The van der Waals surface area contributed by atoms with Crippen molar-refractivity contribution >= 4 is 29.3 Å². The van der Waals surface area contributed by atoms with Gasteiger partial charge in [-0.1, -0.05) is 24.4 Å². The minimum absolute atomic E-state index is 1.05. The number of fused-ring (bicyclic) bond motifs is 1. The molecule has 2 nitrogen and oxygen atoms in total. The van der Waals surface area contributed by atoms with E-state index in [9.17, 15) is 0 Å². The summed E-state index contributed by atoms with van der Waals surface area (Å²) in [6.45, 7) is 2.02. The number of anilines is 1. The molecule has 0 fully saturated rings. The van der Waals surface area contributed by atoms with Gasteiger partial charge in [0.15, 0.2) is 0 Å². The van der Waals surface area contributed by atoms with Crippen LogP contribution in [0.25, 0.3) is 10.9 Å². The fourth-order valence-electron chi connectivity index (χ4n) is 1.56. The van der Waals surface area contributed by atoms with Crippen molar-refractivity contribution in [3.63, 3.8) is 0 Å². The molecule has 2 rings (SSSR count). The summed E-state index contributed by atoms with van der Waals surface area (Å²) in [5, 5.41) is 1.19. The Labute approximate surface area is 91.2 Å². The summed E-state index contributed by atoms with van der Waals surface area (Å²) in [5.74, 6) is 0. The Morgan fingerprint density at radius 3 is 2.67 bits per heavy atom. The molecule has 1 aromatic carbocycles. The van der Waals surface area contributed by atoms with Gasteiger partial charge in [-0.05, 0) is 17.5 Å². The number of nitrogens with zero attached hydrogens (tertiary/aromatic N) is 2. The van der Waals surface area contributed by atoms with Crippen LogP contribution < -0.4 is 10.4 Å². The SMILES string of the molecule is C[B]c1cnc2cc(N(C)C)ccc2c1. The molecular weight excluding hydrogens is 183 g/mol. The quantitative estimate of drug-likeness (QED) is 0.681. The van der Waals surface area contributed by atoms with Crippen LogP contribution in [0.4, 0.5) is 5.69 Å². The average Bonchev–Trinajstić information content (AvgIpc) is 2.27. The van der Waals surface area contributed by atoms with Gasteiger partial charge < -0.3 is 4.90 Å². The van der Waals surface area contributed by atoms with E-state index in [1.165, 1.54) is 16.5 Å². The third kappa shape index (κ3) is 1.96. The highest BCUT2D eigenvalue weighted by Gasteiger charge is 2.00. The third-order valence-electron chi connectivity index (χ3n) is 2.54. The fraction of sp³-hybridized carbons (Fsp3) is 0.250. The minimum Gasteiger partial charge on any atom is -0.378 e. The van der Waals surface area contributed by atoms with E-state index < -0.39 is 0 Å². The molecule has 0 unspecified atom stereocenters. The molecule has 0 atom stereocenters. The van der Waals surface area contributed by atoms with Crippen LogP contribution in [0.15, 0.2) is 30.5 Å². The summed E-state index contributed by atoms with van der Waals surface area (Å²) >= 11 is 0. The smallest absolute Gasteiger partial charge is 0.150 e. The molecule has 15 heavy (non-hydrogen) atoms. The van der Waals surface area contributed by atoms with Gasteiger partial charge in [-0.15, -0.1) is 0 Å². The van der Waals surface area contributed by atoms with E-state index in [4.69, 9.17) is 0 Å². The van der Waals surface area contributed by atoms with Crippen molar-refractivity contribution in [3.05, 3.63) is 30.5 Å². The van der Waals surface area contributed by atoms with Crippen molar-refractivity contribution in [1.29, 1.82) is 0 Å². The van der Waals surface area contributed by atoms with Gasteiger partial charge >= 0.3 is 0 Å². The topological polar surface area (TPSA) is 16.1 Å². The summed E-state index contributed by atoms with van der Waals surface area (Å²) < 4.78 is 0. The van der Waals surface area contributed by atoms with Gasteiger partial charge in [-0.2, -0.15) is 0 Å². The van der Waals surface area contributed by atoms with E-state index in [0.29, 0.717) is 0 Å². The fourth-order valence-corrected chi connectivity index (χ4v) is 1.56. The molecule has 2 aromatic rings. The van der Waals surface area contributed by atoms with E-state index in [1.807, 2.05) is 27.1 Å². The maximum Gasteiger partial charge on any atom is 0.150 e. The van der Waals surface area contributed by atoms with Gasteiger partial charge in [0.2, 0.25) is 0 Å². The van der Waals surface area contributed by atoms with Gasteiger partial charge in [0.1, 0.15) is 7.28 Å². The van der Waals surface area contributed by atoms with Crippen molar-refractivity contribution in [2.24, 2.45) is 0 Å². The molecule has 0 N–H and O–H groups in total.